The van der Waals surface area contributed by atoms with Gasteiger partial charge in [-0.15, -0.1) is 0 Å². The van der Waals surface area contributed by atoms with Crippen LogP contribution in [0.3, 0.4) is 0 Å². The topological polar surface area (TPSA) is 69.7 Å². The Hall–Kier alpha value is -2.27. The summed E-state index contributed by atoms with van der Waals surface area (Å²) in [5.74, 6) is 0.0286. The molecule has 0 bridgehead atoms. The third-order valence-corrected chi connectivity index (χ3v) is 8.14. The lowest BCUT2D eigenvalue weighted by Crippen LogP contribution is -2.39. The van der Waals surface area contributed by atoms with Gasteiger partial charge in [-0.1, -0.05) is 31.2 Å². The number of nitrogens with one attached hydrogen (secondary N) is 1. The van der Waals surface area contributed by atoms with Crippen LogP contribution in [0.25, 0.3) is 0 Å². The predicted molar refractivity (Wildman–Crippen MR) is 129 cm³/mol. The van der Waals surface area contributed by atoms with E-state index in [1.54, 1.807) is 12.1 Å². The van der Waals surface area contributed by atoms with Gasteiger partial charge in [0.05, 0.1) is 17.0 Å². The van der Waals surface area contributed by atoms with Crippen molar-refractivity contribution in [3.63, 3.8) is 0 Å². The summed E-state index contributed by atoms with van der Waals surface area (Å²) in [4.78, 5) is 14.7. The maximum Gasteiger partial charge on any atom is 0.416 e. The Bertz CT molecular complexity index is 1120. The van der Waals surface area contributed by atoms with Crippen molar-refractivity contribution < 1.29 is 26.4 Å². The zero-order chi connectivity index (χ0) is 25.8. The van der Waals surface area contributed by atoms with Crippen molar-refractivity contribution in [2.75, 3.05) is 40.3 Å². The number of hydrogen-bond donors (Lipinski definition) is 1. The van der Waals surface area contributed by atoms with Gasteiger partial charge in [0.2, 0.25) is 10.0 Å². The molecule has 10 heteroatoms. The van der Waals surface area contributed by atoms with Crippen LogP contribution in [0.4, 0.5) is 13.2 Å². The van der Waals surface area contributed by atoms with E-state index in [9.17, 15) is 26.4 Å². The second kappa shape index (κ2) is 11.2. The van der Waals surface area contributed by atoms with Gasteiger partial charge in [-0.25, -0.2) is 8.42 Å². The molecule has 1 aliphatic heterocycles. The fraction of sp³-hybridized carbons (Fsp3) is 0.480. The number of Topliss-reactive ketones (excluding diaryl/α,β-unsaturated/α-hetero) is 1. The Balaban J connectivity index is 1.64. The van der Waals surface area contributed by atoms with E-state index in [2.05, 4.69) is 5.32 Å². The number of benzene rings is 2. The Labute approximate surface area is 205 Å². The maximum absolute atomic E-state index is 13.1. The lowest BCUT2D eigenvalue weighted by Gasteiger charge is -2.30. The van der Waals surface area contributed by atoms with E-state index in [-0.39, 0.29) is 23.3 Å². The SMILES string of the molecule is CC1CCCN(S(=O)(=O)c2cccc(C(=O)CNCC(c3ccc(C(F)(F)F)cc3)N(C)C)c2)C1. The van der Waals surface area contributed by atoms with Crippen molar-refractivity contribution in [1.29, 1.82) is 0 Å². The molecule has 1 fully saturated rings. The van der Waals surface area contributed by atoms with Gasteiger partial charge in [0.15, 0.2) is 5.78 Å². The monoisotopic (exact) mass is 511 g/mol. The summed E-state index contributed by atoms with van der Waals surface area (Å²) in [6.07, 6.45) is -2.59. The van der Waals surface area contributed by atoms with Gasteiger partial charge in [0.1, 0.15) is 0 Å². The molecular weight excluding hydrogens is 479 g/mol. The first-order valence-electron chi connectivity index (χ1n) is 11.6. The molecule has 2 aromatic rings. The normalized spacial score (nSPS) is 18.5. The van der Waals surface area contributed by atoms with Gasteiger partial charge in [-0.2, -0.15) is 17.5 Å². The summed E-state index contributed by atoms with van der Waals surface area (Å²) in [5, 5.41) is 3.06. The van der Waals surface area contributed by atoms with Crippen molar-refractivity contribution in [2.24, 2.45) is 5.92 Å². The number of carbonyl (C=O) groups is 1. The number of piperidine rings is 1. The molecule has 0 spiro atoms. The number of hydrogen-bond acceptors (Lipinski definition) is 5. The summed E-state index contributed by atoms with van der Waals surface area (Å²) in [5.41, 5.74) is 0.266. The van der Waals surface area contributed by atoms with Crippen molar-refractivity contribution in [3.8, 4) is 0 Å². The molecule has 0 radical (unpaired) electrons. The number of sulfonamides is 1. The molecular formula is C25H32F3N3O3S. The van der Waals surface area contributed by atoms with E-state index in [1.165, 1.54) is 28.6 Å². The zero-order valence-electron chi connectivity index (χ0n) is 20.2. The number of carbonyl (C=O) groups excluding carboxylic acids is 1. The maximum atomic E-state index is 13.1. The fourth-order valence-corrected chi connectivity index (χ4v) is 5.91. The summed E-state index contributed by atoms with van der Waals surface area (Å²) < 4.78 is 66.2. The molecule has 0 aliphatic carbocycles. The molecule has 6 nitrogen and oxygen atoms in total. The largest absolute Gasteiger partial charge is 0.416 e. The first-order chi connectivity index (χ1) is 16.4. The summed E-state index contributed by atoms with van der Waals surface area (Å²) in [6, 6.07) is 10.8. The highest BCUT2D eigenvalue weighted by Gasteiger charge is 2.31. The summed E-state index contributed by atoms with van der Waals surface area (Å²) in [7, 11) is -0.0580. The highest BCUT2D eigenvalue weighted by atomic mass is 32.2. The molecule has 1 heterocycles. The van der Waals surface area contributed by atoms with Crippen LogP contribution < -0.4 is 5.32 Å². The molecule has 0 aromatic heterocycles. The molecule has 3 rings (SSSR count). The predicted octanol–water partition coefficient (Wildman–Crippen LogP) is 4.20. The highest BCUT2D eigenvalue weighted by molar-refractivity contribution is 7.89. The fourth-order valence-electron chi connectivity index (χ4n) is 4.26. The summed E-state index contributed by atoms with van der Waals surface area (Å²) in [6.45, 7) is 3.27. The summed E-state index contributed by atoms with van der Waals surface area (Å²) >= 11 is 0. The molecule has 0 saturated carbocycles. The van der Waals surface area contributed by atoms with Crippen LogP contribution >= 0.6 is 0 Å². The van der Waals surface area contributed by atoms with Crippen LogP contribution in [0.1, 0.15) is 47.3 Å². The van der Waals surface area contributed by atoms with Gasteiger partial charge >= 0.3 is 6.18 Å². The van der Waals surface area contributed by atoms with Crippen LogP contribution in [-0.4, -0.2) is 63.7 Å². The molecule has 2 unspecified atom stereocenters. The van der Waals surface area contributed by atoms with Gasteiger partial charge in [-0.05, 0) is 62.7 Å². The van der Waals surface area contributed by atoms with Crippen LogP contribution in [0.5, 0.6) is 0 Å². The molecule has 192 valence electrons. The number of nitrogens with zero attached hydrogens (tertiary/aromatic N) is 2. The number of rotatable bonds is 9. The van der Waals surface area contributed by atoms with Crippen LogP contribution in [0.15, 0.2) is 53.4 Å². The number of likely N-dealkylation sites (N-methyl/N-ethyl adjacent to an activating group) is 1. The van der Waals surface area contributed by atoms with Crippen molar-refractivity contribution in [1.82, 2.24) is 14.5 Å². The number of ketones is 1. The minimum atomic E-state index is -4.40. The lowest BCUT2D eigenvalue weighted by molar-refractivity contribution is -0.137. The average Bonchev–Trinajstić information content (AvgIpc) is 2.81. The van der Waals surface area contributed by atoms with Gasteiger partial charge in [-0.3, -0.25) is 4.79 Å². The molecule has 1 N–H and O–H groups in total. The first kappa shape index (κ1) is 27.3. The van der Waals surface area contributed by atoms with E-state index in [0.717, 1.165) is 25.0 Å². The zero-order valence-corrected chi connectivity index (χ0v) is 21.0. The van der Waals surface area contributed by atoms with Gasteiger partial charge in [0, 0.05) is 31.2 Å². The van der Waals surface area contributed by atoms with E-state index < -0.39 is 21.8 Å². The number of alkyl halides is 3. The van der Waals surface area contributed by atoms with E-state index in [1.807, 2.05) is 25.9 Å². The average molecular weight is 512 g/mol. The first-order valence-corrected chi connectivity index (χ1v) is 13.0. The smallest absolute Gasteiger partial charge is 0.308 e. The van der Waals surface area contributed by atoms with Crippen LogP contribution in [-0.2, 0) is 16.2 Å². The second-order valence-electron chi connectivity index (χ2n) is 9.29. The highest BCUT2D eigenvalue weighted by Crippen LogP contribution is 2.30. The molecule has 0 amide bonds. The van der Waals surface area contributed by atoms with Gasteiger partial charge < -0.3 is 10.2 Å². The molecule has 2 aromatic carbocycles. The van der Waals surface area contributed by atoms with E-state index >= 15 is 0 Å². The Kier molecular flexibility index (Phi) is 8.74. The lowest BCUT2D eigenvalue weighted by atomic mass is 10.0. The van der Waals surface area contributed by atoms with Crippen molar-refractivity contribution >= 4 is 15.8 Å². The van der Waals surface area contributed by atoms with E-state index in [4.69, 9.17) is 0 Å². The molecule has 1 saturated heterocycles. The Morgan fingerprint density at radius 3 is 2.46 bits per heavy atom. The van der Waals surface area contributed by atoms with Crippen LogP contribution in [0, 0.1) is 5.92 Å². The standard InChI is InChI=1S/C25H32F3N3O3S/c1-18-6-5-13-31(17-18)35(33,34)22-8-4-7-20(14-22)24(32)16-29-15-23(30(2)3)19-9-11-21(12-10-19)25(26,27)28/h4,7-12,14,18,23,29H,5-6,13,15-17H2,1-3H3. The minimum Gasteiger partial charge on any atom is -0.308 e. The van der Waals surface area contributed by atoms with Crippen molar-refractivity contribution in [2.45, 2.75) is 36.9 Å². The Morgan fingerprint density at radius 2 is 1.86 bits per heavy atom. The van der Waals surface area contributed by atoms with Crippen LogP contribution in [0.2, 0.25) is 0 Å². The molecule has 35 heavy (non-hydrogen) atoms. The third kappa shape index (κ3) is 6.91. The van der Waals surface area contributed by atoms with Crippen molar-refractivity contribution in [3.05, 3.63) is 65.2 Å². The van der Waals surface area contributed by atoms with Gasteiger partial charge in [0.25, 0.3) is 0 Å². The molecule has 1 aliphatic rings. The number of halogens is 3. The second-order valence-corrected chi connectivity index (χ2v) is 11.2. The third-order valence-electron chi connectivity index (χ3n) is 6.28. The quantitative estimate of drug-likeness (QED) is 0.511. The van der Waals surface area contributed by atoms with E-state index in [0.29, 0.717) is 36.7 Å². The molecule has 2 atom stereocenters. The minimum absolute atomic E-state index is 0.0325. The Morgan fingerprint density at radius 1 is 1.17 bits per heavy atom.